The van der Waals surface area contributed by atoms with Gasteiger partial charge in [-0.05, 0) is 97.5 Å². The smallest absolute Gasteiger partial charge is 0.407 e. The van der Waals surface area contributed by atoms with E-state index in [0.717, 1.165) is 87.3 Å². The maximum atomic E-state index is 14.2. The third-order valence-corrected chi connectivity index (χ3v) is 12.1. The van der Waals surface area contributed by atoms with Gasteiger partial charge < -0.3 is 40.5 Å². The summed E-state index contributed by atoms with van der Waals surface area (Å²) >= 11 is 0. The van der Waals surface area contributed by atoms with Gasteiger partial charge in [0.25, 0.3) is 0 Å². The molecule has 4 heterocycles. The molecular weight excluding hydrogens is 807 g/mol. The SMILES string of the molecule is COC(=O)NC(C(=O)N1CCCC1c1ncc(-c2ccc(-c3ccc4cc(-c5cnc(C6CCCN6C(=O)C(NC(=O)NC(C)(C)C)c6ccccc6)[nH]5)ccc4c3)cc2)[nH]1)C(C)C. The molecule has 0 bridgehead atoms. The number of H-pyrrole nitrogens is 2. The molecule has 5 N–H and O–H groups in total. The molecule has 6 aromatic rings. The minimum Gasteiger partial charge on any atom is -0.453 e. The number of alkyl carbamates (subject to hydrolysis) is 1. The first-order valence-corrected chi connectivity index (χ1v) is 22.1. The van der Waals surface area contributed by atoms with Crippen LogP contribution in [0.3, 0.4) is 0 Å². The van der Waals surface area contributed by atoms with Gasteiger partial charge in [-0.1, -0.05) is 92.7 Å². The van der Waals surface area contributed by atoms with E-state index < -0.39 is 29.7 Å². The lowest BCUT2D eigenvalue weighted by atomic mass is 9.98. The van der Waals surface area contributed by atoms with Crippen LogP contribution in [0.5, 0.6) is 0 Å². The van der Waals surface area contributed by atoms with Gasteiger partial charge in [0.15, 0.2) is 0 Å². The largest absolute Gasteiger partial charge is 0.453 e. The molecule has 2 fully saturated rings. The number of hydrogen-bond acceptors (Lipinski definition) is 7. The zero-order chi connectivity index (χ0) is 45.1. The fraction of sp³-hybridized carbons (Fsp3) is 0.360. The molecule has 0 saturated carbocycles. The van der Waals surface area contributed by atoms with E-state index in [1.807, 2.05) is 87.1 Å². The number of fused-ring (bicyclic) bond motifs is 1. The summed E-state index contributed by atoms with van der Waals surface area (Å²) in [7, 11) is 1.29. The Morgan fingerprint density at radius 1 is 0.688 bits per heavy atom. The molecule has 14 nitrogen and oxygen atoms in total. The summed E-state index contributed by atoms with van der Waals surface area (Å²) in [5.41, 5.74) is 6.13. The second-order valence-electron chi connectivity index (χ2n) is 18.1. The van der Waals surface area contributed by atoms with Gasteiger partial charge in [0.2, 0.25) is 11.8 Å². The van der Waals surface area contributed by atoms with E-state index in [4.69, 9.17) is 14.7 Å². The van der Waals surface area contributed by atoms with Crippen LogP contribution in [0.25, 0.3) is 44.4 Å². The molecule has 14 heteroatoms. The summed E-state index contributed by atoms with van der Waals surface area (Å²) < 4.78 is 4.77. The van der Waals surface area contributed by atoms with Gasteiger partial charge >= 0.3 is 12.1 Å². The van der Waals surface area contributed by atoms with E-state index in [0.29, 0.717) is 13.1 Å². The lowest BCUT2D eigenvalue weighted by Gasteiger charge is -2.30. The summed E-state index contributed by atoms with van der Waals surface area (Å²) in [6.07, 6.45) is 6.24. The van der Waals surface area contributed by atoms with Crippen molar-refractivity contribution in [1.82, 2.24) is 45.7 Å². The van der Waals surface area contributed by atoms with Crippen LogP contribution in [-0.2, 0) is 14.3 Å². The quantitative estimate of drug-likeness (QED) is 0.0864. The first-order valence-electron chi connectivity index (χ1n) is 22.1. The van der Waals surface area contributed by atoms with Crippen molar-refractivity contribution in [3.63, 3.8) is 0 Å². The zero-order valence-electron chi connectivity index (χ0n) is 37.3. The van der Waals surface area contributed by atoms with Crippen LogP contribution < -0.4 is 16.0 Å². The van der Waals surface area contributed by atoms with Crippen molar-refractivity contribution in [3.05, 3.63) is 121 Å². The van der Waals surface area contributed by atoms with E-state index in [9.17, 15) is 19.2 Å². The fourth-order valence-electron chi connectivity index (χ4n) is 8.85. The minimum absolute atomic E-state index is 0.107. The normalized spacial score (nSPS) is 17.4. The summed E-state index contributed by atoms with van der Waals surface area (Å²) in [6, 6.07) is 28.1. The Morgan fingerprint density at radius 3 is 1.80 bits per heavy atom. The molecule has 4 aromatic carbocycles. The van der Waals surface area contributed by atoms with Crippen LogP contribution in [0.2, 0.25) is 0 Å². The Kier molecular flexibility index (Phi) is 12.6. The molecule has 0 aliphatic carbocycles. The van der Waals surface area contributed by atoms with E-state index in [1.54, 1.807) is 0 Å². The first-order chi connectivity index (χ1) is 30.8. The number of nitrogens with one attached hydrogen (secondary N) is 5. The summed E-state index contributed by atoms with van der Waals surface area (Å²) in [5.74, 6) is 1.03. The number of aromatic amines is 2. The van der Waals surface area contributed by atoms with Crippen molar-refractivity contribution >= 4 is 34.7 Å². The molecule has 2 aromatic heterocycles. The Bertz CT molecular complexity index is 2630. The number of amides is 5. The molecular formula is C50H57N9O5. The average molecular weight is 864 g/mol. The van der Waals surface area contributed by atoms with Crippen molar-refractivity contribution in [2.75, 3.05) is 20.2 Å². The highest BCUT2D eigenvalue weighted by molar-refractivity contribution is 5.91. The molecule has 64 heavy (non-hydrogen) atoms. The average Bonchev–Trinajstić information content (AvgIpc) is 4.13. The number of methoxy groups -OCH3 is 1. The monoisotopic (exact) mass is 863 g/mol. The summed E-state index contributed by atoms with van der Waals surface area (Å²) in [5, 5.41) is 10.7. The van der Waals surface area contributed by atoms with Crippen molar-refractivity contribution in [2.45, 2.75) is 90.0 Å². The molecule has 5 amide bonds. The fourth-order valence-corrected chi connectivity index (χ4v) is 8.85. The second kappa shape index (κ2) is 18.4. The van der Waals surface area contributed by atoms with Crippen LogP contribution >= 0.6 is 0 Å². The van der Waals surface area contributed by atoms with Gasteiger partial charge in [-0.2, -0.15) is 0 Å². The molecule has 2 aliphatic heterocycles. The second-order valence-corrected chi connectivity index (χ2v) is 18.1. The lowest BCUT2D eigenvalue weighted by molar-refractivity contribution is -0.135. The third-order valence-electron chi connectivity index (χ3n) is 12.1. The Hall–Kier alpha value is -6.96. The lowest BCUT2D eigenvalue weighted by Crippen LogP contribution is -2.51. The molecule has 0 radical (unpaired) electrons. The number of hydrogen-bond donors (Lipinski definition) is 5. The minimum atomic E-state index is -0.844. The van der Waals surface area contributed by atoms with Crippen molar-refractivity contribution in [1.29, 1.82) is 0 Å². The van der Waals surface area contributed by atoms with Crippen LogP contribution in [0.1, 0.15) is 95.6 Å². The number of urea groups is 1. The predicted molar refractivity (Wildman–Crippen MR) is 247 cm³/mol. The van der Waals surface area contributed by atoms with Crippen LogP contribution in [0.15, 0.2) is 103 Å². The number of aromatic nitrogens is 4. The highest BCUT2D eigenvalue weighted by atomic mass is 16.5. The molecule has 0 spiro atoms. The summed E-state index contributed by atoms with van der Waals surface area (Å²) in [6.45, 7) is 10.7. The molecule has 2 aliphatic rings. The van der Waals surface area contributed by atoms with E-state index >= 15 is 0 Å². The molecule has 4 unspecified atom stereocenters. The predicted octanol–water partition coefficient (Wildman–Crippen LogP) is 8.83. The number of carbonyl (C=O) groups excluding carboxylic acids is 4. The Balaban J connectivity index is 0.941. The highest BCUT2D eigenvalue weighted by Crippen LogP contribution is 2.36. The van der Waals surface area contributed by atoms with Crippen LogP contribution in [0.4, 0.5) is 9.59 Å². The number of imidazole rings is 2. The first kappa shape index (κ1) is 43.7. The van der Waals surface area contributed by atoms with Gasteiger partial charge in [-0.25, -0.2) is 19.6 Å². The zero-order valence-corrected chi connectivity index (χ0v) is 37.3. The van der Waals surface area contributed by atoms with Gasteiger partial charge in [-0.3, -0.25) is 9.59 Å². The molecule has 4 atom stereocenters. The van der Waals surface area contributed by atoms with E-state index in [1.165, 1.54) is 7.11 Å². The Morgan fingerprint density at radius 2 is 1.22 bits per heavy atom. The molecule has 332 valence electrons. The van der Waals surface area contributed by atoms with Gasteiger partial charge in [-0.15, -0.1) is 0 Å². The van der Waals surface area contributed by atoms with Gasteiger partial charge in [0.1, 0.15) is 23.7 Å². The third kappa shape index (κ3) is 9.51. The van der Waals surface area contributed by atoms with E-state index in [-0.39, 0.29) is 29.8 Å². The molecule has 2 saturated heterocycles. The van der Waals surface area contributed by atoms with Crippen molar-refractivity contribution in [3.8, 4) is 33.6 Å². The highest BCUT2D eigenvalue weighted by Gasteiger charge is 2.39. The number of likely N-dealkylation sites (tertiary alicyclic amines) is 2. The number of benzene rings is 4. The van der Waals surface area contributed by atoms with Crippen LogP contribution in [0, 0.1) is 5.92 Å². The van der Waals surface area contributed by atoms with E-state index in [2.05, 4.69) is 86.6 Å². The van der Waals surface area contributed by atoms with Crippen LogP contribution in [-0.4, -0.2) is 85.5 Å². The maximum absolute atomic E-state index is 14.2. The summed E-state index contributed by atoms with van der Waals surface area (Å²) in [4.78, 5) is 72.9. The number of rotatable bonds is 11. The maximum Gasteiger partial charge on any atom is 0.407 e. The topological polar surface area (TPSA) is 177 Å². The standard InChI is InChI=1S/C50H57N9O5/c1-30(2)42(56-49(63)64-6)46(60)58-24-10-14-40(58)44-51-28-38(53-44)32-18-16-31(17-19-32)34-20-21-36-27-37(23-22-35(36)26-34)39-29-52-45(54-39)41-15-11-25-59(41)47(61)43(33-12-8-7-9-13-33)55-48(62)57-50(3,4)5/h7-9,12-13,16-23,26-30,40-43H,10-11,14-15,24-25H2,1-6H3,(H,51,53)(H,52,54)(H,56,63)(H2,55,57,62). The number of ether oxygens (including phenoxy) is 1. The molecule has 8 rings (SSSR count). The Labute approximate surface area is 373 Å². The number of carbonyl (C=O) groups is 4. The van der Waals surface area contributed by atoms with Gasteiger partial charge in [0, 0.05) is 24.2 Å². The van der Waals surface area contributed by atoms with Gasteiger partial charge in [0.05, 0.1) is 43.0 Å². The number of nitrogens with zero attached hydrogens (tertiary/aromatic N) is 4. The van der Waals surface area contributed by atoms with Crippen molar-refractivity contribution < 1.29 is 23.9 Å². The van der Waals surface area contributed by atoms with Crippen molar-refractivity contribution in [2.24, 2.45) is 5.92 Å².